The lowest BCUT2D eigenvalue weighted by Crippen LogP contribution is -2.49. The summed E-state index contributed by atoms with van der Waals surface area (Å²) in [4.78, 5) is 26.8. The number of nitro benzene ring substituents is 1. The van der Waals surface area contributed by atoms with E-state index in [1.54, 1.807) is 23.1 Å². The molecule has 6 nitrogen and oxygen atoms in total. The lowest BCUT2D eigenvalue weighted by atomic mass is 10.1. The summed E-state index contributed by atoms with van der Waals surface area (Å²) in [6.45, 7) is 1.63. The molecule has 0 unspecified atom stereocenters. The Kier molecular flexibility index (Phi) is 5.43. The molecule has 1 aliphatic rings. The molecule has 136 valence electrons. The molecule has 1 saturated heterocycles. The van der Waals surface area contributed by atoms with Crippen molar-refractivity contribution in [1.29, 1.82) is 0 Å². The number of hydrogen-bond donors (Lipinski definition) is 0. The first-order valence-corrected chi connectivity index (χ1v) is 8.96. The number of halogens is 3. The Balaban J connectivity index is 1.73. The van der Waals surface area contributed by atoms with Crippen LogP contribution in [0.15, 0.2) is 40.9 Å². The SMILES string of the molecule is O=C(c1cc(F)cc(Br)c1)N1CCN(c2ccc(Cl)cc2[N+](=O)[O-])CC1. The first kappa shape index (κ1) is 18.6. The highest BCUT2D eigenvalue weighted by Crippen LogP contribution is 2.31. The number of anilines is 1. The van der Waals surface area contributed by atoms with Crippen molar-refractivity contribution in [2.45, 2.75) is 0 Å². The summed E-state index contributed by atoms with van der Waals surface area (Å²) in [6.07, 6.45) is 0. The standard InChI is InChI=1S/C17H14BrClFN3O3/c18-12-7-11(8-14(20)9-12)17(24)22-5-3-21(4-6-22)15-2-1-13(19)10-16(15)23(25)26/h1-2,7-10H,3-6H2. The van der Waals surface area contributed by atoms with Gasteiger partial charge in [0.25, 0.3) is 11.6 Å². The molecule has 1 fully saturated rings. The number of hydrogen-bond acceptors (Lipinski definition) is 4. The molecule has 0 aliphatic carbocycles. The molecule has 2 aromatic carbocycles. The largest absolute Gasteiger partial charge is 0.362 e. The second-order valence-corrected chi connectivity index (χ2v) is 7.18. The maximum absolute atomic E-state index is 13.5. The Morgan fingerprint density at radius 1 is 1.15 bits per heavy atom. The first-order chi connectivity index (χ1) is 12.3. The molecule has 2 aromatic rings. The highest BCUT2D eigenvalue weighted by molar-refractivity contribution is 9.10. The van der Waals surface area contributed by atoms with Crippen LogP contribution >= 0.6 is 27.5 Å². The van der Waals surface area contributed by atoms with E-state index in [1.807, 2.05) is 4.90 Å². The summed E-state index contributed by atoms with van der Waals surface area (Å²) in [7, 11) is 0. The van der Waals surface area contributed by atoms with Gasteiger partial charge in [0.1, 0.15) is 11.5 Å². The van der Waals surface area contributed by atoms with Crippen LogP contribution < -0.4 is 4.90 Å². The van der Waals surface area contributed by atoms with Crippen LogP contribution in [0.4, 0.5) is 15.8 Å². The average molecular weight is 443 g/mol. The van der Waals surface area contributed by atoms with E-state index in [4.69, 9.17) is 11.6 Å². The third-order valence-corrected chi connectivity index (χ3v) is 4.84. The highest BCUT2D eigenvalue weighted by Gasteiger charge is 2.26. The lowest BCUT2D eigenvalue weighted by Gasteiger charge is -2.35. The van der Waals surface area contributed by atoms with E-state index < -0.39 is 10.7 Å². The zero-order valence-corrected chi connectivity index (χ0v) is 15.8. The predicted molar refractivity (Wildman–Crippen MR) is 100 cm³/mol. The second-order valence-electron chi connectivity index (χ2n) is 5.83. The summed E-state index contributed by atoms with van der Waals surface area (Å²) >= 11 is 9.03. The second kappa shape index (κ2) is 7.59. The van der Waals surface area contributed by atoms with Crippen molar-refractivity contribution in [3.63, 3.8) is 0 Å². The monoisotopic (exact) mass is 441 g/mol. The number of nitro groups is 1. The minimum atomic E-state index is -0.488. The van der Waals surface area contributed by atoms with Gasteiger partial charge in [-0.15, -0.1) is 0 Å². The van der Waals surface area contributed by atoms with Crippen LogP contribution in [0.1, 0.15) is 10.4 Å². The van der Waals surface area contributed by atoms with Crippen LogP contribution in [-0.2, 0) is 0 Å². The number of nitrogens with zero attached hydrogens (tertiary/aromatic N) is 3. The van der Waals surface area contributed by atoms with Crippen molar-refractivity contribution < 1.29 is 14.1 Å². The van der Waals surface area contributed by atoms with E-state index in [1.165, 1.54) is 18.2 Å². The van der Waals surface area contributed by atoms with E-state index in [0.717, 1.165) is 0 Å². The van der Waals surface area contributed by atoms with E-state index in [-0.39, 0.29) is 17.2 Å². The summed E-state index contributed by atoms with van der Waals surface area (Å²) < 4.78 is 14.0. The molecule has 26 heavy (non-hydrogen) atoms. The Bertz CT molecular complexity index is 852. The van der Waals surface area contributed by atoms with Crippen LogP contribution in [0.25, 0.3) is 0 Å². The van der Waals surface area contributed by atoms with Crippen LogP contribution in [0, 0.1) is 15.9 Å². The van der Waals surface area contributed by atoms with Gasteiger partial charge >= 0.3 is 0 Å². The fourth-order valence-corrected chi connectivity index (χ4v) is 3.55. The topological polar surface area (TPSA) is 66.7 Å². The molecule has 1 aliphatic heterocycles. The van der Waals surface area contributed by atoms with Gasteiger partial charge in [0, 0.05) is 47.3 Å². The van der Waals surface area contributed by atoms with Crippen LogP contribution in [0.3, 0.4) is 0 Å². The molecule has 3 rings (SSSR count). The third-order valence-electron chi connectivity index (χ3n) is 4.15. The fraction of sp³-hybridized carbons (Fsp3) is 0.235. The normalized spacial score (nSPS) is 14.4. The van der Waals surface area contributed by atoms with Crippen molar-refractivity contribution in [3.8, 4) is 0 Å². The molecular formula is C17H14BrClFN3O3. The third kappa shape index (κ3) is 3.96. The molecule has 0 N–H and O–H groups in total. The predicted octanol–water partition coefficient (Wildman–Crippen LogP) is 4.11. The number of rotatable bonds is 3. The molecule has 9 heteroatoms. The molecule has 0 spiro atoms. The Morgan fingerprint density at radius 3 is 2.46 bits per heavy atom. The molecule has 0 radical (unpaired) electrons. The lowest BCUT2D eigenvalue weighted by molar-refractivity contribution is -0.384. The Morgan fingerprint density at radius 2 is 1.85 bits per heavy atom. The van der Waals surface area contributed by atoms with E-state index in [2.05, 4.69) is 15.9 Å². The highest BCUT2D eigenvalue weighted by atomic mass is 79.9. The van der Waals surface area contributed by atoms with Gasteiger partial charge in [-0.05, 0) is 30.3 Å². The molecule has 1 amide bonds. The number of piperazine rings is 1. The van der Waals surface area contributed by atoms with Crippen LogP contribution in [-0.4, -0.2) is 41.9 Å². The van der Waals surface area contributed by atoms with Gasteiger partial charge in [-0.25, -0.2) is 4.39 Å². The van der Waals surface area contributed by atoms with Gasteiger partial charge in [-0.1, -0.05) is 27.5 Å². The number of benzene rings is 2. The summed E-state index contributed by atoms with van der Waals surface area (Å²) in [5.41, 5.74) is 0.675. The zero-order valence-electron chi connectivity index (χ0n) is 13.5. The van der Waals surface area contributed by atoms with Crippen molar-refractivity contribution in [2.24, 2.45) is 0 Å². The molecule has 1 heterocycles. The molecule has 0 saturated carbocycles. The van der Waals surface area contributed by atoms with Crippen molar-refractivity contribution in [1.82, 2.24) is 4.90 Å². The molecule has 0 bridgehead atoms. The number of amides is 1. The van der Waals surface area contributed by atoms with Gasteiger partial charge in [0.2, 0.25) is 0 Å². The van der Waals surface area contributed by atoms with Crippen LogP contribution in [0.2, 0.25) is 5.02 Å². The summed E-state index contributed by atoms with van der Waals surface area (Å²) in [5, 5.41) is 11.6. The minimum Gasteiger partial charge on any atom is -0.362 e. The van der Waals surface area contributed by atoms with E-state index in [0.29, 0.717) is 41.4 Å². The zero-order chi connectivity index (χ0) is 18.8. The van der Waals surface area contributed by atoms with Crippen molar-refractivity contribution in [3.05, 3.63) is 67.4 Å². The maximum atomic E-state index is 13.5. The van der Waals surface area contributed by atoms with E-state index in [9.17, 15) is 19.3 Å². The quantitative estimate of drug-likeness (QED) is 0.530. The Labute approximate surface area is 162 Å². The number of carbonyl (C=O) groups excluding carboxylic acids is 1. The smallest absolute Gasteiger partial charge is 0.294 e. The van der Waals surface area contributed by atoms with Crippen LogP contribution in [0.5, 0.6) is 0 Å². The molecule has 0 aromatic heterocycles. The summed E-state index contributed by atoms with van der Waals surface area (Å²) in [6, 6.07) is 8.59. The van der Waals surface area contributed by atoms with Gasteiger partial charge < -0.3 is 9.80 Å². The van der Waals surface area contributed by atoms with Gasteiger partial charge in [-0.3, -0.25) is 14.9 Å². The van der Waals surface area contributed by atoms with Crippen molar-refractivity contribution >= 4 is 44.8 Å². The maximum Gasteiger partial charge on any atom is 0.294 e. The van der Waals surface area contributed by atoms with Gasteiger partial charge in [-0.2, -0.15) is 0 Å². The van der Waals surface area contributed by atoms with Crippen molar-refractivity contribution in [2.75, 3.05) is 31.1 Å². The molecular weight excluding hydrogens is 429 g/mol. The fourth-order valence-electron chi connectivity index (χ4n) is 2.92. The summed E-state index contributed by atoms with van der Waals surface area (Å²) in [5.74, 6) is -0.756. The molecule has 0 atom stereocenters. The van der Waals surface area contributed by atoms with E-state index >= 15 is 0 Å². The van der Waals surface area contributed by atoms with Gasteiger partial charge in [0.05, 0.1) is 4.92 Å². The Hall–Kier alpha value is -2.19. The minimum absolute atomic E-state index is 0.0636. The first-order valence-electron chi connectivity index (χ1n) is 7.79. The van der Waals surface area contributed by atoms with Gasteiger partial charge in [0.15, 0.2) is 0 Å². The average Bonchev–Trinajstić information content (AvgIpc) is 2.60. The number of carbonyl (C=O) groups is 1.